The van der Waals surface area contributed by atoms with E-state index < -0.39 is 192 Å². The topological polar surface area (TPSA) is 411 Å². The molecule has 750 valence electrons. The molecular formula is C114H138N12O16. The number of unbranched alkanes of at least 4 members (excludes halogenated alkanes) is 9. The summed E-state index contributed by atoms with van der Waals surface area (Å²) in [7, 11) is 0. The number of aliphatic carboxylic acids is 1. The Kier molecular flexibility index (Phi) is 41.1. The summed E-state index contributed by atoms with van der Waals surface area (Å²) in [5.74, 6) is -11.8. The Labute approximate surface area is 833 Å². The highest BCUT2D eigenvalue weighted by molar-refractivity contribution is 6.00. The largest absolute Gasteiger partial charge is 0.488 e. The number of hydrogen-bond acceptors (Lipinski definition) is 16. The maximum Gasteiger partial charge on any atom is 0.326 e. The number of carboxylic acids is 1. The Morgan fingerprint density at radius 1 is 0.289 bits per heavy atom. The van der Waals surface area contributed by atoms with Crippen LogP contribution < -0.4 is 69.0 Å². The Bertz CT molecular complexity index is 5430. The van der Waals surface area contributed by atoms with E-state index in [9.17, 15) is 24.3 Å². The summed E-state index contributed by atoms with van der Waals surface area (Å²) in [5, 5.41) is 41.9. The van der Waals surface area contributed by atoms with Crippen LogP contribution in [0.2, 0.25) is 0 Å². The zero-order valence-corrected chi connectivity index (χ0v) is 82.9. The van der Waals surface area contributed by atoms with Crippen molar-refractivity contribution in [3.8, 4) is 5.75 Å². The number of rotatable bonds is 53. The molecule has 0 aromatic heterocycles. The second-order valence-corrected chi connectivity index (χ2v) is 38.5. The second-order valence-electron chi connectivity index (χ2n) is 38.5. The van der Waals surface area contributed by atoms with Crippen molar-refractivity contribution in [2.45, 2.75) is 241 Å². The lowest BCUT2D eigenvalue weighted by molar-refractivity contribution is -0.145. The average Bonchev–Trinajstić information content (AvgIpc) is 0.760. The summed E-state index contributed by atoms with van der Waals surface area (Å²) >= 11 is 0. The fourth-order valence-electron chi connectivity index (χ4n) is 16.9. The molecular weight excluding hydrogens is 1790 g/mol. The van der Waals surface area contributed by atoms with Gasteiger partial charge in [-0.05, 0) is 137 Å². The monoisotopic (exact) mass is 1930 g/mol. The second kappa shape index (κ2) is 53.2. The molecule has 10 aromatic carbocycles. The molecule has 0 bridgehead atoms. The minimum atomic E-state index is -2.01. The Morgan fingerprint density at radius 2 is 0.570 bits per heavy atom. The maximum atomic E-state index is 15.9. The molecule has 142 heavy (non-hydrogen) atoms. The van der Waals surface area contributed by atoms with Crippen LogP contribution >= 0.6 is 0 Å². The van der Waals surface area contributed by atoms with Gasteiger partial charge < -0.3 is 83.5 Å². The van der Waals surface area contributed by atoms with Gasteiger partial charge in [0, 0.05) is 13.0 Å². The molecule has 0 unspecified atom stereocenters. The summed E-state index contributed by atoms with van der Waals surface area (Å²) in [5.41, 5.74) is 5.09. The molecule has 0 heterocycles. The molecule has 11 amide bonds. The number of carboxylic acid groups (broad SMARTS) is 1. The summed E-state index contributed by atoms with van der Waals surface area (Å²) in [6.07, 6.45) is 7.39. The minimum absolute atomic E-state index is 0.317. The van der Waals surface area contributed by atoms with Gasteiger partial charge >= 0.3 is 5.97 Å². The van der Waals surface area contributed by atoms with E-state index in [2.05, 4.69) is 65.4 Å². The summed E-state index contributed by atoms with van der Waals surface area (Å²) in [4.78, 5) is 181. The Balaban J connectivity index is 0.991. The van der Waals surface area contributed by atoms with Crippen molar-refractivity contribution in [2.75, 3.05) is 26.3 Å². The molecule has 0 aliphatic rings. The fraction of sp³-hybridized carbons (Fsp3) is 0.368. The maximum absolute atomic E-state index is 15.9. The average molecular weight is 1930 g/mol. The van der Waals surface area contributed by atoms with E-state index in [1.165, 1.54) is 32.1 Å². The van der Waals surface area contributed by atoms with Gasteiger partial charge in [0.1, 0.15) is 64.2 Å². The van der Waals surface area contributed by atoms with Gasteiger partial charge in [-0.15, -0.1) is 0 Å². The van der Waals surface area contributed by atoms with Crippen LogP contribution in [-0.2, 0) is 90.0 Å². The van der Waals surface area contributed by atoms with Gasteiger partial charge in [-0.25, -0.2) is 4.79 Å². The van der Waals surface area contributed by atoms with Gasteiger partial charge in [0.05, 0.1) is 62.7 Å². The lowest BCUT2D eigenvalue weighted by Gasteiger charge is -2.37. The molecule has 28 heteroatoms. The number of benzene rings is 10. The van der Waals surface area contributed by atoms with Crippen molar-refractivity contribution in [3.63, 3.8) is 0 Å². The van der Waals surface area contributed by atoms with Crippen molar-refractivity contribution in [3.05, 3.63) is 353 Å². The first-order valence-electron chi connectivity index (χ1n) is 48.8. The third-order valence-corrected chi connectivity index (χ3v) is 24.0. The number of nitrogens with two attached hydrogens (primary N) is 1. The summed E-state index contributed by atoms with van der Waals surface area (Å²) in [6, 6.07) is 75.6. The minimum Gasteiger partial charge on any atom is -0.488 e. The first kappa shape index (κ1) is 110. The van der Waals surface area contributed by atoms with Crippen LogP contribution in [0.5, 0.6) is 5.75 Å². The molecule has 14 N–H and O–H groups in total. The van der Waals surface area contributed by atoms with Crippen LogP contribution in [0.25, 0.3) is 0 Å². The quantitative estimate of drug-likeness (QED) is 0.0124. The van der Waals surface area contributed by atoms with Crippen molar-refractivity contribution >= 4 is 70.9 Å². The van der Waals surface area contributed by atoms with Crippen LogP contribution in [-0.4, -0.2) is 161 Å². The number of carbonyl (C=O) groups is 12. The molecule has 0 radical (unpaired) electrons. The number of ether oxygens (including phenoxy) is 3. The molecule has 10 aromatic rings. The van der Waals surface area contributed by atoms with Gasteiger partial charge in [-0.3, -0.25) is 52.7 Å². The van der Waals surface area contributed by atoms with Gasteiger partial charge in [-0.1, -0.05) is 350 Å². The van der Waals surface area contributed by atoms with Crippen molar-refractivity contribution in [1.82, 2.24) is 58.5 Å². The zero-order valence-electron chi connectivity index (χ0n) is 82.9. The van der Waals surface area contributed by atoms with E-state index in [1.807, 2.05) is 166 Å². The van der Waals surface area contributed by atoms with Crippen molar-refractivity contribution in [2.24, 2.45) is 5.73 Å². The number of hydrogen-bond donors (Lipinski definition) is 13. The number of carbonyl (C=O) groups excluding carboxylic acids is 11. The van der Waals surface area contributed by atoms with E-state index >= 15 is 38.4 Å². The first-order chi connectivity index (χ1) is 68.0. The summed E-state index contributed by atoms with van der Waals surface area (Å²) < 4.78 is 18.5. The van der Waals surface area contributed by atoms with Gasteiger partial charge in [0.2, 0.25) is 65.0 Å². The molecule has 0 fully saturated rings. The van der Waals surface area contributed by atoms with E-state index in [0.717, 1.165) is 25.7 Å². The lowest BCUT2D eigenvalue weighted by Crippen LogP contribution is -2.60. The van der Waals surface area contributed by atoms with E-state index in [4.69, 9.17) is 19.9 Å². The summed E-state index contributed by atoms with van der Waals surface area (Å²) in [6.45, 7) is 16.1. The Morgan fingerprint density at radius 3 is 0.901 bits per heavy atom. The molecule has 0 saturated carbocycles. The molecule has 10 rings (SSSR count). The lowest BCUT2D eigenvalue weighted by atomic mass is 9.77. The highest BCUT2D eigenvalue weighted by Crippen LogP contribution is 2.41. The van der Waals surface area contributed by atoms with Crippen LogP contribution in [0.1, 0.15) is 215 Å². The van der Waals surface area contributed by atoms with Crippen molar-refractivity contribution < 1.29 is 76.9 Å². The molecule has 28 nitrogen and oxygen atoms in total. The predicted molar refractivity (Wildman–Crippen MR) is 548 cm³/mol. The standard InChI is InChI=1S/C114H138N12O16/c1-11-12-13-14-15-16-17-18-19-47-70-116-102(132)90(115)72-97(127)119-95(77-140-109(2,3)4)106(136)120-91(71-79-66-68-89(69-67-79)142-111(8,9)10)104(134)121-92(73-98(128)124-112(80-48-29-20-30-49-80,81-50-31-21-32-51-81)82-52-33-22-34-53-82)103(133)117-76-101(131)118-93(74-99(129)125-113(83-54-35-23-36-55-83,84-56-37-24-38-57-84)85-58-39-25-40-59-85)105(135)123-96(78-141-110(5,6)7)107(137)122-94(108(138)139)75-100(130)126-114(86-60-41-26-42-61-86,87-62-43-27-44-63-87)88-64-45-28-46-65-88/h20-46,48-69,90-96H,11-19,47,70-78,115H2,1-10H3,(H,116,132)(H,117,133)(H,118,131)(H,119,127)(H,120,136)(H,121,134)(H,122,137)(H,123,135)(H,124,128)(H,125,129)(H,126,130)(H,138,139)/t90-,91-,92-,93+,94+,95-,96+/m1/s1. The molecule has 7 atom stereocenters. The number of amides is 11. The third kappa shape index (κ3) is 32.8. The highest BCUT2D eigenvalue weighted by atomic mass is 16.5. The molecule has 0 aliphatic heterocycles. The van der Waals surface area contributed by atoms with Crippen molar-refractivity contribution in [1.29, 1.82) is 0 Å². The first-order valence-corrected chi connectivity index (χ1v) is 48.8. The van der Waals surface area contributed by atoms with E-state index in [-0.39, 0.29) is 6.42 Å². The van der Waals surface area contributed by atoms with Crippen LogP contribution in [0.3, 0.4) is 0 Å². The number of nitrogens with one attached hydrogen (secondary N) is 11. The van der Waals surface area contributed by atoms with Gasteiger partial charge in [-0.2, -0.15) is 0 Å². The van der Waals surface area contributed by atoms with Crippen LogP contribution in [0.15, 0.2) is 297 Å². The normalized spacial score (nSPS) is 13.2. The predicted octanol–water partition coefficient (Wildman–Crippen LogP) is 13.4. The van der Waals surface area contributed by atoms with Gasteiger partial charge in [0.25, 0.3) is 0 Å². The van der Waals surface area contributed by atoms with Crippen LogP contribution in [0.4, 0.5) is 0 Å². The van der Waals surface area contributed by atoms with E-state index in [1.54, 1.807) is 193 Å². The molecule has 0 saturated heterocycles. The zero-order chi connectivity index (χ0) is 102. The van der Waals surface area contributed by atoms with E-state index in [0.29, 0.717) is 74.3 Å². The third-order valence-electron chi connectivity index (χ3n) is 24.0. The molecule has 0 aliphatic carbocycles. The fourth-order valence-corrected chi connectivity index (χ4v) is 16.9. The highest BCUT2D eigenvalue weighted by Gasteiger charge is 2.45. The van der Waals surface area contributed by atoms with Crippen LogP contribution in [0, 0.1) is 0 Å². The smallest absolute Gasteiger partial charge is 0.326 e. The van der Waals surface area contributed by atoms with Gasteiger partial charge in [0.15, 0.2) is 0 Å². The SMILES string of the molecule is CCCCCCCCCCCCNC(=O)[C@H](N)CC(=O)N[C@H](COC(C)(C)C)C(=O)N[C@H](Cc1ccc(OC(C)(C)C)cc1)C(=O)N[C@H](CC(=O)NC(c1ccccc1)(c1ccccc1)c1ccccc1)C(=O)NCC(=O)N[C@@H](CC(=O)NC(c1ccccc1)(c1ccccc1)c1ccccc1)C(=O)N[C@@H](COC(C)(C)C)C(=O)N[C@@H](CC(=O)NC(c1ccccc1)(c1ccccc1)c1ccccc1)C(=O)O. The molecule has 0 spiro atoms. The Hall–Kier alpha value is -14.5.